The van der Waals surface area contributed by atoms with Gasteiger partial charge in [-0.3, -0.25) is 4.90 Å². The summed E-state index contributed by atoms with van der Waals surface area (Å²) in [5, 5.41) is 9.54. The Balaban J connectivity index is 1.80. The molecule has 4 nitrogen and oxygen atoms in total. The van der Waals surface area contributed by atoms with Gasteiger partial charge in [-0.25, -0.2) is 4.68 Å². The van der Waals surface area contributed by atoms with Crippen molar-refractivity contribution in [2.75, 3.05) is 25.0 Å². The van der Waals surface area contributed by atoms with Gasteiger partial charge in [0.15, 0.2) is 0 Å². The lowest BCUT2D eigenvalue weighted by molar-refractivity contribution is 0.152. The summed E-state index contributed by atoms with van der Waals surface area (Å²) in [6.45, 7) is 5.58. The van der Waals surface area contributed by atoms with E-state index in [0.29, 0.717) is 6.04 Å². The number of fused-ring (bicyclic) bond motifs is 1. The molecule has 1 atom stereocenters. The molecule has 5 heteroatoms. The molecule has 1 saturated heterocycles. The summed E-state index contributed by atoms with van der Waals surface area (Å²) in [6, 6.07) is 8.47. The third-order valence-corrected chi connectivity index (χ3v) is 5.82. The van der Waals surface area contributed by atoms with Crippen molar-refractivity contribution in [1.82, 2.24) is 14.7 Å². The van der Waals surface area contributed by atoms with E-state index in [2.05, 4.69) is 34.0 Å². The van der Waals surface area contributed by atoms with Crippen LogP contribution in [0.1, 0.15) is 56.3 Å². The number of hydrogen-bond donors (Lipinski definition) is 1. The van der Waals surface area contributed by atoms with Crippen LogP contribution in [0.3, 0.4) is 0 Å². The smallest absolute Gasteiger partial charge is 0.133 e. The highest BCUT2D eigenvalue weighted by atomic mass is 35.5. The van der Waals surface area contributed by atoms with Crippen LogP contribution in [0.4, 0.5) is 5.82 Å². The minimum Gasteiger partial charge on any atom is -0.370 e. The van der Waals surface area contributed by atoms with Crippen molar-refractivity contribution >= 4 is 17.4 Å². The van der Waals surface area contributed by atoms with E-state index in [0.717, 1.165) is 30.2 Å². The fourth-order valence-corrected chi connectivity index (χ4v) is 4.37. The second-order valence-corrected chi connectivity index (χ2v) is 7.56. The molecule has 0 bridgehead atoms. The van der Waals surface area contributed by atoms with E-state index in [1.165, 1.54) is 55.7 Å². The Kier molecular flexibility index (Phi) is 5.00. The highest BCUT2D eigenvalue weighted by Gasteiger charge is 2.30. The molecule has 2 aliphatic heterocycles. The molecule has 4 rings (SSSR count). The average molecular weight is 359 g/mol. The molecule has 0 radical (unpaired) electrons. The molecule has 25 heavy (non-hydrogen) atoms. The Morgan fingerprint density at radius 1 is 1.16 bits per heavy atom. The molecule has 1 N–H and O–H groups in total. The first-order valence-electron chi connectivity index (χ1n) is 9.63. The minimum atomic E-state index is 0.459. The summed E-state index contributed by atoms with van der Waals surface area (Å²) in [7, 11) is 0. The van der Waals surface area contributed by atoms with Gasteiger partial charge in [0.05, 0.1) is 17.4 Å². The highest BCUT2D eigenvalue weighted by Crippen LogP contribution is 2.37. The van der Waals surface area contributed by atoms with Gasteiger partial charge in [0.1, 0.15) is 5.82 Å². The van der Waals surface area contributed by atoms with Crippen molar-refractivity contribution in [3.8, 4) is 5.69 Å². The molecule has 3 heterocycles. The standard InChI is InChI=1S/C20H27ClN4/c1-2-24-14-6-4-8-18(24)19-17-7-3-5-13-22-20(17)25(23-19)16-11-9-15(21)10-12-16/h9-12,18,22H,2-8,13-14H2,1H3. The number of rotatable bonds is 3. The van der Waals surface area contributed by atoms with Crippen molar-refractivity contribution in [3.63, 3.8) is 0 Å². The second-order valence-electron chi connectivity index (χ2n) is 7.12. The number of halogens is 1. The molecule has 2 aromatic rings. The summed E-state index contributed by atoms with van der Waals surface area (Å²) in [5.41, 5.74) is 3.80. The van der Waals surface area contributed by atoms with E-state index in [9.17, 15) is 0 Å². The van der Waals surface area contributed by atoms with Crippen molar-refractivity contribution in [2.45, 2.75) is 51.5 Å². The van der Waals surface area contributed by atoms with Gasteiger partial charge in [0, 0.05) is 17.1 Å². The maximum atomic E-state index is 6.08. The van der Waals surface area contributed by atoms with E-state index < -0.39 is 0 Å². The van der Waals surface area contributed by atoms with Gasteiger partial charge in [-0.15, -0.1) is 0 Å². The molecule has 2 aliphatic rings. The number of anilines is 1. The molecule has 0 amide bonds. The number of aromatic nitrogens is 2. The van der Waals surface area contributed by atoms with E-state index in [-0.39, 0.29) is 0 Å². The summed E-state index contributed by atoms with van der Waals surface area (Å²) >= 11 is 6.08. The number of piperidine rings is 1. The zero-order valence-electron chi connectivity index (χ0n) is 15.0. The number of likely N-dealkylation sites (tertiary alicyclic amines) is 1. The van der Waals surface area contributed by atoms with Crippen molar-refractivity contribution < 1.29 is 0 Å². The van der Waals surface area contributed by atoms with Crippen LogP contribution in [0.2, 0.25) is 5.02 Å². The summed E-state index contributed by atoms with van der Waals surface area (Å²) in [5.74, 6) is 1.19. The summed E-state index contributed by atoms with van der Waals surface area (Å²) < 4.78 is 2.11. The molecule has 0 saturated carbocycles. The molecule has 1 aromatic heterocycles. The summed E-state index contributed by atoms with van der Waals surface area (Å²) in [6.07, 6.45) is 7.41. The van der Waals surface area contributed by atoms with E-state index in [4.69, 9.17) is 16.7 Å². The fraction of sp³-hybridized carbons (Fsp3) is 0.550. The lowest BCUT2D eigenvalue weighted by Crippen LogP contribution is -2.33. The Morgan fingerprint density at radius 3 is 2.80 bits per heavy atom. The van der Waals surface area contributed by atoms with Crippen LogP contribution in [0.5, 0.6) is 0 Å². The van der Waals surface area contributed by atoms with Gasteiger partial charge in [-0.05, 0) is 69.5 Å². The Morgan fingerprint density at radius 2 is 2.00 bits per heavy atom. The van der Waals surface area contributed by atoms with Crippen LogP contribution < -0.4 is 5.32 Å². The quantitative estimate of drug-likeness (QED) is 0.853. The highest BCUT2D eigenvalue weighted by molar-refractivity contribution is 6.30. The maximum absolute atomic E-state index is 6.08. The Labute approximate surface area is 155 Å². The monoisotopic (exact) mass is 358 g/mol. The fourth-order valence-electron chi connectivity index (χ4n) is 4.24. The largest absolute Gasteiger partial charge is 0.370 e. The van der Waals surface area contributed by atoms with Gasteiger partial charge in [0.2, 0.25) is 0 Å². The lowest BCUT2D eigenvalue weighted by Gasteiger charge is -2.34. The van der Waals surface area contributed by atoms with Crippen molar-refractivity contribution in [2.24, 2.45) is 0 Å². The normalized spacial score (nSPS) is 21.4. The third kappa shape index (κ3) is 3.30. The van der Waals surface area contributed by atoms with Crippen molar-refractivity contribution in [3.05, 3.63) is 40.5 Å². The Bertz CT molecular complexity index is 722. The van der Waals surface area contributed by atoms with Crippen LogP contribution in [0.15, 0.2) is 24.3 Å². The number of nitrogens with zero attached hydrogens (tertiary/aromatic N) is 3. The van der Waals surface area contributed by atoms with Crippen LogP contribution in [-0.2, 0) is 6.42 Å². The van der Waals surface area contributed by atoms with Gasteiger partial charge in [0.25, 0.3) is 0 Å². The lowest BCUT2D eigenvalue weighted by atomic mass is 9.95. The molecular weight excluding hydrogens is 332 g/mol. The van der Waals surface area contributed by atoms with Gasteiger partial charge in [-0.2, -0.15) is 5.10 Å². The third-order valence-electron chi connectivity index (χ3n) is 5.57. The molecule has 0 spiro atoms. The predicted octanol–water partition coefficient (Wildman–Crippen LogP) is 4.82. The Hall–Kier alpha value is -1.52. The number of benzene rings is 1. The molecular formula is C20H27ClN4. The minimum absolute atomic E-state index is 0.459. The van der Waals surface area contributed by atoms with E-state index in [1.54, 1.807) is 0 Å². The van der Waals surface area contributed by atoms with Gasteiger partial charge >= 0.3 is 0 Å². The number of nitrogens with one attached hydrogen (secondary N) is 1. The predicted molar refractivity (Wildman–Crippen MR) is 104 cm³/mol. The molecule has 1 fully saturated rings. The van der Waals surface area contributed by atoms with E-state index >= 15 is 0 Å². The summed E-state index contributed by atoms with van der Waals surface area (Å²) in [4.78, 5) is 2.60. The van der Waals surface area contributed by atoms with Crippen LogP contribution in [0, 0.1) is 0 Å². The van der Waals surface area contributed by atoms with E-state index in [1.807, 2.05) is 12.1 Å². The zero-order chi connectivity index (χ0) is 17.2. The first-order chi connectivity index (χ1) is 12.3. The van der Waals surface area contributed by atoms with Gasteiger partial charge < -0.3 is 5.32 Å². The second kappa shape index (κ2) is 7.38. The molecule has 1 unspecified atom stereocenters. The zero-order valence-corrected chi connectivity index (χ0v) is 15.7. The van der Waals surface area contributed by atoms with Crippen LogP contribution in [0.25, 0.3) is 5.69 Å². The maximum Gasteiger partial charge on any atom is 0.133 e. The molecule has 134 valence electrons. The topological polar surface area (TPSA) is 33.1 Å². The number of hydrogen-bond acceptors (Lipinski definition) is 3. The van der Waals surface area contributed by atoms with Crippen molar-refractivity contribution in [1.29, 1.82) is 0 Å². The first-order valence-corrected chi connectivity index (χ1v) is 10.0. The SMILES string of the molecule is CCN1CCCCC1c1nn(-c2ccc(Cl)cc2)c2c1CCCCN2. The average Bonchev–Trinajstić information content (AvgIpc) is 2.83. The van der Waals surface area contributed by atoms with Crippen LogP contribution in [-0.4, -0.2) is 34.3 Å². The van der Waals surface area contributed by atoms with Crippen LogP contribution >= 0.6 is 11.6 Å². The molecule has 1 aromatic carbocycles. The van der Waals surface area contributed by atoms with Gasteiger partial charge in [-0.1, -0.05) is 24.9 Å². The first kappa shape index (κ1) is 16.9. The molecule has 0 aliphatic carbocycles.